The second-order valence-electron chi connectivity index (χ2n) is 2.52. The molecule has 0 saturated heterocycles. The van der Waals surface area contributed by atoms with Crippen molar-refractivity contribution in [2.24, 2.45) is 0 Å². The zero-order valence-corrected chi connectivity index (χ0v) is 8.99. The Labute approximate surface area is 89.1 Å². The van der Waals surface area contributed by atoms with E-state index in [1.54, 1.807) is 0 Å². The van der Waals surface area contributed by atoms with Gasteiger partial charge < -0.3 is 5.11 Å². The van der Waals surface area contributed by atoms with Crippen LogP contribution in [0.4, 0.5) is 0 Å². The van der Waals surface area contributed by atoms with Gasteiger partial charge in [-0.1, -0.05) is 0 Å². The van der Waals surface area contributed by atoms with E-state index in [2.05, 4.69) is 0 Å². The molecule has 0 bridgehead atoms. The number of phenolic OH excluding ortho intramolecular Hbond substituents is 1. The highest BCUT2D eigenvalue weighted by molar-refractivity contribution is 14.1. The van der Waals surface area contributed by atoms with Crippen LogP contribution in [0.25, 0.3) is 0 Å². The van der Waals surface area contributed by atoms with Crippen molar-refractivity contribution in [2.45, 2.75) is 6.92 Å². The van der Waals surface area contributed by atoms with Crippen LogP contribution in [0.15, 0.2) is 12.1 Å². The van der Waals surface area contributed by atoms with Crippen LogP contribution < -0.4 is 0 Å². The fraction of sp³-hybridized carbons (Fsp3) is 0.111. The lowest BCUT2D eigenvalue weighted by molar-refractivity contribution is 0.101. The van der Waals surface area contributed by atoms with Crippen LogP contribution in [0.1, 0.15) is 22.8 Å². The second-order valence-corrected chi connectivity index (χ2v) is 3.60. The summed E-state index contributed by atoms with van der Waals surface area (Å²) in [6.45, 7) is 1.40. The van der Waals surface area contributed by atoms with Crippen LogP contribution in [0, 0.1) is 14.9 Å². The van der Waals surface area contributed by atoms with Crippen molar-refractivity contribution in [1.82, 2.24) is 0 Å². The van der Waals surface area contributed by atoms with Crippen molar-refractivity contribution >= 4 is 28.4 Å². The first-order valence-corrected chi connectivity index (χ1v) is 4.57. The number of ketones is 1. The molecular weight excluding hydrogens is 281 g/mol. The van der Waals surface area contributed by atoms with Crippen molar-refractivity contribution in [2.75, 3.05) is 0 Å². The highest BCUT2D eigenvalue weighted by atomic mass is 127. The quantitative estimate of drug-likeness (QED) is 0.635. The minimum Gasteiger partial charge on any atom is -0.507 e. The van der Waals surface area contributed by atoms with Crippen LogP contribution in [0.5, 0.6) is 5.75 Å². The number of hydrogen-bond donors (Lipinski definition) is 1. The zero-order chi connectivity index (χ0) is 10.0. The second kappa shape index (κ2) is 3.75. The molecule has 0 aliphatic heterocycles. The lowest BCUT2D eigenvalue weighted by Crippen LogP contribution is -1.97. The van der Waals surface area contributed by atoms with E-state index in [0.29, 0.717) is 14.7 Å². The molecule has 0 atom stereocenters. The Morgan fingerprint density at radius 2 is 2.23 bits per heavy atom. The van der Waals surface area contributed by atoms with E-state index in [0.717, 1.165) is 0 Å². The number of nitriles is 1. The normalized spacial score (nSPS) is 9.31. The average molecular weight is 287 g/mol. The van der Waals surface area contributed by atoms with E-state index in [4.69, 9.17) is 5.26 Å². The number of aromatic hydroxyl groups is 1. The minimum atomic E-state index is -0.156. The number of hydrogen-bond acceptors (Lipinski definition) is 3. The predicted octanol–water partition coefficient (Wildman–Crippen LogP) is 2.07. The summed E-state index contributed by atoms with van der Waals surface area (Å²) in [4.78, 5) is 11.1. The van der Waals surface area contributed by atoms with Crippen molar-refractivity contribution in [3.63, 3.8) is 0 Å². The third-order valence-electron chi connectivity index (χ3n) is 1.56. The number of benzene rings is 1. The van der Waals surface area contributed by atoms with Crippen molar-refractivity contribution < 1.29 is 9.90 Å². The SMILES string of the molecule is CC(=O)c1cc(C#N)cc(O)c1I. The number of carbonyl (C=O) groups excluding carboxylic acids is 1. The number of nitrogens with zero attached hydrogens (tertiary/aromatic N) is 1. The molecule has 0 saturated carbocycles. The molecule has 3 nitrogen and oxygen atoms in total. The predicted molar refractivity (Wildman–Crippen MR) is 55.5 cm³/mol. The summed E-state index contributed by atoms with van der Waals surface area (Å²) in [5, 5.41) is 17.9. The third kappa shape index (κ3) is 1.98. The van der Waals surface area contributed by atoms with Gasteiger partial charge in [-0.15, -0.1) is 0 Å². The van der Waals surface area contributed by atoms with Crippen molar-refractivity contribution in [3.8, 4) is 11.8 Å². The van der Waals surface area contributed by atoms with Crippen LogP contribution in [0.2, 0.25) is 0 Å². The van der Waals surface area contributed by atoms with Crippen LogP contribution in [-0.2, 0) is 0 Å². The van der Waals surface area contributed by atoms with Gasteiger partial charge in [-0.05, 0) is 41.6 Å². The summed E-state index contributed by atoms with van der Waals surface area (Å²) in [6.07, 6.45) is 0. The van der Waals surface area contributed by atoms with Gasteiger partial charge in [0.2, 0.25) is 0 Å². The van der Waals surface area contributed by atoms with Crippen LogP contribution >= 0.6 is 22.6 Å². The minimum absolute atomic E-state index is 0.0233. The Hall–Kier alpha value is -1.09. The van der Waals surface area contributed by atoms with E-state index in [9.17, 15) is 9.90 Å². The number of rotatable bonds is 1. The molecule has 0 radical (unpaired) electrons. The van der Waals surface area contributed by atoms with Crippen molar-refractivity contribution in [1.29, 1.82) is 5.26 Å². The summed E-state index contributed by atoms with van der Waals surface area (Å²) in [5.74, 6) is -0.179. The maximum absolute atomic E-state index is 11.1. The fourth-order valence-corrected chi connectivity index (χ4v) is 1.62. The standard InChI is InChI=1S/C9H6INO2/c1-5(12)7-2-6(4-11)3-8(13)9(7)10/h2-3,13H,1H3. The topological polar surface area (TPSA) is 61.1 Å². The van der Waals surface area contributed by atoms with Crippen molar-refractivity contribution in [3.05, 3.63) is 26.8 Å². The van der Waals surface area contributed by atoms with Crippen LogP contribution in [0.3, 0.4) is 0 Å². The molecule has 1 rings (SSSR count). The van der Waals surface area contributed by atoms with Gasteiger partial charge in [0.05, 0.1) is 15.2 Å². The molecule has 0 heterocycles. The van der Waals surface area contributed by atoms with Gasteiger partial charge in [0.15, 0.2) is 5.78 Å². The lowest BCUT2D eigenvalue weighted by atomic mass is 10.1. The smallest absolute Gasteiger partial charge is 0.161 e. The molecule has 0 unspecified atom stereocenters. The van der Waals surface area contributed by atoms with E-state index < -0.39 is 0 Å². The Kier molecular flexibility index (Phi) is 2.88. The van der Waals surface area contributed by atoms with E-state index in [1.807, 2.05) is 28.7 Å². The molecule has 0 aliphatic rings. The highest BCUT2D eigenvalue weighted by Crippen LogP contribution is 2.25. The third-order valence-corrected chi connectivity index (χ3v) is 2.70. The molecule has 1 N–H and O–H groups in total. The maximum atomic E-state index is 11.1. The molecule has 13 heavy (non-hydrogen) atoms. The van der Waals surface area contributed by atoms with Gasteiger partial charge in [-0.3, -0.25) is 4.79 Å². The number of carbonyl (C=O) groups is 1. The molecule has 4 heteroatoms. The zero-order valence-electron chi connectivity index (χ0n) is 6.84. The molecular formula is C9H6INO2. The Morgan fingerprint density at radius 3 is 2.69 bits per heavy atom. The monoisotopic (exact) mass is 287 g/mol. The summed E-state index contributed by atoms with van der Waals surface area (Å²) in [7, 11) is 0. The van der Waals surface area contributed by atoms with Gasteiger partial charge in [0.1, 0.15) is 5.75 Å². The lowest BCUT2D eigenvalue weighted by Gasteiger charge is -2.02. The molecule has 1 aromatic carbocycles. The van der Waals surface area contributed by atoms with Gasteiger partial charge in [-0.25, -0.2) is 0 Å². The van der Waals surface area contributed by atoms with E-state index >= 15 is 0 Å². The summed E-state index contributed by atoms with van der Waals surface area (Å²) >= 11 is 1.87. The van der Waals surface area contributed by atoms with E-state index in [1.165, 1.54) is 19.1 Å². The van der Waals surface area contributed by atoms with E-state index in [-0.39, 0.29) is 11.5 Å². The molecule has 0 aromatic heterocycles. The Bertz CT molecular complexity index is 407. The molecule has 0 fully saturated rings. The summed E-state index contributed by atoms with van der Waals surface area (Å²) in [5.41, 5.74) is 0.681. The number of halogens is 1. The molecule has 0 aliphatic carbocycles. The van der Waals surface area contributed by atoms with Gasteiger partial charge in [0.25, 0.3) is 0 Å². The first-order chi connectivity index (χ1) is 6.06. The first kappa shape index (κ1) is 9.99. The van der Waals surface area contributed by atoms with Gasteiger partial charge in [0, 0.05) is 5.56 Å². The summed E-state index contributed by atoms with van der Waals surface area (Å²) in [6, 6.07) is 4.69. The fourth-order valence-electron chi connectivity index (χ4n) is 0.930. The molecule has 0 spiro atoms. The highest BCUT2D eigenvalue weighted by Gasteiger charge is 2.10. The summed E-state index contributed by atoms with van der Waals surface area (Å²) < 4.78 is 0.490. The molecule has 1 aromatic rings. The van der Waals surface area contributed by atoms with Crippen LogP contribution in [-0.4, -0.2) is 10.9 Å². The molecule has 66 valence electrons. The first-order valence-electron chi connectivity index (χ1n) is 3.50. The number of Topliss-reactive ketones (excluding diaryl/α,β-unsaturated/α-hetero) is 1. The van der Waals surface area contributed by atoms with Gasteiger partial charge in [-0.2, -0.15) is 5.26 Å². The largest absolute Gasteiger partial charge is 0.507 e. The Balaban J connectivity index is 3.44. The van der Waals surface area contributed by atoms with Gasteiger partial charge >= 0.3 is 0 Å². The average Bonchev–Trinajstić information content (AvgIpc) is 2.09. The molecule has 0 amide bonds. The Morgan fingerprint density at radius 1 is 1.62 bits per heavy atom. The maximum Gasteiger partial charge on any atom is 0.161 e. The number of phenols is 1.